The normalized spacial score (nSPS) is 24.4. The monoisotopic (exact) mass is 363 g/mol. The summed E-state index contributed by atoms with van der Waals surface area (Å²) in [4.78, 5) is 31.4. The SMILES string of the molecule is CC(C)(C)N=C1C(=O)CC2(CCN(C(=O)OC(C)(C)C)CC2)CC1=CN. The van der Waals surface area contributed by atoms with Crippen LogP contribution in [0, 0.1) is 5.41 Å². The van der Waals surface area contributed by atoms with Crippen LogP contribution in [0.2, 0.25) is 0 Å². The maximum absolute atomic E-state index is 12.8. The molecule has 1 heterocycles. The number of nitrogens with zero attached hydrogens (tertiary/aromatic N) is 2. The molecule has 1 aliphatic heterocycles. The van der Waals surface area contributed by atoms with Gasteiger partial charge in [-0.15, -0.1) is 0 Å². The quantitative estimate of drug-likeness (QED) is 0.714. The van der Waals surface area contributed by atoms with Crippen LogP contribution in [0.1, 0.15) is 67.2 Å². The van der Waals surface area contributed by atoms with Crippen LogP contribution < -0.4 is 5.73 Å². The highest BCUT2D eigenvalue weighted by molar-refractivity contribution is 6.47. The number of carbonyl (C=O) groups is 2. The Morgan fingerprint density at radius 1 is 1.15 bits per heavy atom. The summed E-state index contributed by atoms with van der Waals surface area (Å²) in [6.07, 6.45) is 4.02. The van der Waals surface area contributed by atoms with Gasteiger partial charge in [-0.1, -0.05) is 0 Å². The number of nitrogens with two attached hydrogens (primary N) is 1. The number of hydrogen-bond donors (Lipinski definition) is 1. The summed E-state index contributed by atoms with van der Waals surface area (Å²) < 4.78 is 5.46. The summed E-state index contributed by atoms with van der Waals surface area (Å²) in [7, 11) is 0. The molecule has 146 valence electrons. The molecule has 1 saturated carbocycles. The number of likely N-dealkylation sites (tertiary alicyclic amines) is 1. The Kier molecular flexibility index (Phi) is 5.54. The Balaban J connectivity index is 2.09. The van der Waals surface area contributed by atoms with Crippen LogP contribution in [0.15, 0.2) is 16.8 Å². The Bertz CT molecular complexity index is 628. The summed E-state index contributed by atoms with van der Waals surface area (Å²) in [6.45, 7) is 12.7. The summed E-state index contributed by atoms with van der Waals surface area (Å²) in [5.41, 5.74) is 6.25. The molecule has 0 bridgehead atoms. The van der Waals surface area contributed by atoms with Gasteiger partial charge in [-0.25, -0.2) is 4.79 Å². The number of Topliss-reactive ketones (excluding diaryl/α,β-unsaturated/α-hetero) is 1. The van der Waals surface area contributed by atoms with Crippen molar-refractivity contribution in [1.29, 1.82) is 0 Å². The second-order valence-electron chi connectivity index (χ2n) is 9.57. The Hall–Kier alpha value is -1.85. The van der Waals surface area contributed by atoms with Crippen LogP contribution >= 0.6 is 0 Å². The predicted octanol–water partition coefficient (Wildman–Crippen LogP) is 3.45. The van der Waals surface area contributed by atoms with E-state index in [1.54, 1.807) is 4.90 Å². The lowest BCUT2D eigenvalue weighted by Gasteiger charge is -2.44. The van der Waals surface area contributed by atoms with E-state index >= 15 is 0 Å². The molecule has 0 aromatic heterocycles. The molecule has 1 spiro atoms. The van der Waals surface area contributed by atoms with Crippen molar-refractivity contribution in [2.75, 3.05) is 13.1 Å². The number of aliphatic imine (C=N–C) groups is 1. The van der Waals surface area contributed by atoms with Gasteiger partial charge in [0.25, 0.3) is 0 Å². The van der Waals surface area contributed by atoms with E-state index in [2.05, 4.69) is 4.99 Å². The van der Waals surface area contributed by atoms with Gasteiger partial charge in [-0.3, -0.25) is 9.79 Å². The average molecular weight is 364 g/mol. The van der Waals surface area contributed by atoms with Crippen LogP contribution in [0.5, 0.6) is 0 Å². The molecule has 1 aliphatic carbocycles. The number of ether oxygens (including phenoxy) is 1. The fourth-order valence-electron chi connectivity index (χ4n) is 3.60. The number of allylic oxidation sites excluding steroid dienone is 1. The zero-order valence-electron chi connectivity index (χ0n) is 17.0. The second kappa shape index (κ2) is 7.05. The first-order chi connectivity index (χ1) is 11.8. The van der Waals surface area contributed by atoms with Crippen molar-refractivity contribution in [3.63, 3.8) is 0 Å². The van der Waals surface area contributed by atoms with E-state index in [0.717, 1.165) is 24.8 Å². The summed E-state index contributed by atoms with van der Waals surface area (Å²) in [5, 5.41) is 0. The molecule has 0 aromatic carbocycles. The van der Waals surface area contributed by atoms with Gasteiger partial charge in [-0.05, 0) is 78.0 Å². The van der Waals surface area contributed by atoms with Crippen molar-refractivity contribution in [1.82, 2.24) is 4.90 Å². The third-order valence-electron chi connectivity index (χ3n) is 4.79. The molecule has 2 N–H and O–H groups in total. The molecule has 0 radical (unpaired) electrons. The fourth-order valence-corrected chi connectivity index (χ4v) is 3.60. The number of rotatable bonds is 0. The maximum Gasteiger partial charge on any atom is 0.410 e. The number of ketones is 1. The van der Waals surface area contributed by atoms with Gasteiger partial charge in [-0.2, -0.15) is 0 Å². The summed E-state index contributed by atoms with van der Waals surface area (Å²) in [5.74, 6) is 0.0635. The van der Waals surface area contributed by atoms with Crippen molar-refractivity contribution in [2.45, 2.75) is 78.4 Å². The van der Waals surface area contributed by atoms with Crippen LogP contribution in [-0.4, -0.2) is 46.7 Å². The topological polar surface area (TPSA) is 85.0 Å². The lowest BCUT2D eigenvalue weighted by molar-refractivity contribution is -0.116. The van der Waals surface area contributed by atoms with E-state index in [0.29, 0.717) is 25.2 Å². The van der Waals surface area contributed by atoms with Gasteiger partial charge in [0, 0.05) is 19.5 Å². The summed E-state index contributed by atoms with van der Waals surface area (Å²) >= 11 is 0. The minimum atomic E-state index is -0.499. The lowest BCUT2D eigenvalue weighted by atomic mass is 9.65. The van der Waals surface area contributed by atoms with Crippen LogP contribution in [0.4, 0.5) is 4.79 Å². The predicted molar refractivity (Wildman–Crippen MR) is 103 cm³/mol. The zero-order chi connectivity index (χ0) is 19.8. The third kappa shape index (κ3) is 5.08. The minimum absolute atomic E-state index is 0.0635. The van der Waals surface area contributed by atoms with E-state index in [4.69, 9.17) is 10.5 Å². The molecule has 1 amide bonds. The minimum Gasteiger partial charge on any atom is -0.444 e. The molecule has 1 saturated heterocycles. The van der Waals surface area contributed by atoms with Crippen molar-refractivity contribution in [3.8, 4) is 0 Å². The van der Waals surface area contributed by atoms with E-state index in [9.17, 15) is 9.59 Å². The average Bonchev–Trinajstić information content (AvgIpc) is 2.48. The van der Waals surface area contributed by atoms with Crippen molar-refractivity contribution in [3.05, 3.63) is 11.8 Å². The molecule has 6 nitrogen and oxygen atoms in total. The first-order valence-corrected chi connectivity index (χ1v) is 9.36. The zero-order valence-corrected chi connectivity index (χ0v) is 17.0. The van der Waals surface area contributed by atoms with E-state index in [-0.39, 0.29) is 22.8 Å². The Labute approximate surface area is 156 Å². The maximum atomic E-state index is 12.8. The van der Waals surface area contributed by atoms with Gasteiger partial charge in [0.2, 0.25) is 0 Å². The van der Waals surface area contributed by atoms with Gasteiger partial charge >= 0.3 is 6.09 Å². The number of amides is 1. The van der Waals surface area contributed by atoms with Crippen LogP contribution in [0.3, 0.4) is 0 Å². The largest absolute Gasteiger partial charge is 0.444 e. The van der Waals surface area contributed by atoms with E-state index in [1.165, 1.54) is 6.20 Å². The third-order valence-corrected chi connectivity index (χ3v) is 4.79. The van der Waals surface area contributed by atoms with Crippen molar-refractivity contribution >= 4 is 17.6 Å². The molecule has 2 aliphatic rings. The molecule has 0 aromatic rings. The molecule has 2 fully saturated rings. The smallest absolute Gasteiger partial charge is 0.410 e. The van der Waals surface area contributed by atoms with Gasteiger partial charge in [0.1, 0.15) is 11.3 Å². The van der Waals surface area contributed by atoms with Crippen molar-refractivity contribution < 1.29 is 14.3 Å². The first kappa shape index (κ1) is 20.5. The number of piperidine rings is 1. The molecular formula is C20H33N3O3. The highest BCUT2D eigenvalue weighted by Gasteiger charge is 2.44. The molecule has 6 heteroatoms. The number of hydrogen-bond acceptors (Lipinski definition) is 5. The van der Waals surface area contributed by atoms with Crippen molar-refractivity contribution in [2.24, 2.45) is 16.1 Å². The molecule has 0 unspecified atom stereocenters. The second-order valence-corrected chi connectivity index (χ2v) is 9.57. The van der Waals surface area contributed by atoms with Gasteiger partial charge < -0.3 is 15.4 Å². The molecule has 26 heavy (non-hydrogen) atoms. The highest BCUT2D eigenvalue weighted by Crippen LogP contribution is 2.45. The molecule has 2 rings (SSSR count). The molecule has 0 atom stereocenters. The van der Waals surface area contributed by atoms with E-state index < -0.39 is 5.60 Å². The Morgan fingerprint density at radius 3 is 2.19 bits per heavy atom. The van der Waals surface area contributed by atoms with Gasteiger partial charge in [0.15, 0.2) is 5.78 Å². The first-order valence-electron chi connectivity index (χ1n) is 9.36. The fraction of sp³-hybridized carbons (Fsp3) is 0.750. The van der Waals surface area contributed by atoms with Crippen LogP contribution in [0.25, 0.3) is 0 Å². The summed E-state index contributed by atoms with van der Waals surface area (Å²) in [6, 6.07) is 0. The van der Waals surface area contributed by atoms with Gasteiger partial charge in [0.05, 0.1) is 5.54 Å². The number of carbonyl (C=O) groups excluding carboxylic acids is 2. The Morgan fingerprint density at radius 2 is 1.73 bits per heavy atom. The highest BCUT2D eigenvalue weighted by atomic mass is 16.6. The van der Waals surface area contributed by atoms with E-state index in [1.807, 2.05) is 41.5 Å². The van der Waals surface area contributed by atoms with Crippen LogP contribution in [-0.2, 0) is 9.53 Å². The lowest BCUT2D eigenvalue weighted by Crippen LogP contribution is -2.48. The standard InChI is InChI=1S/C20H33N3O3/c1-18(2,3)22-16-14(13-21)11-20(12-15(16)24)7-9-23(10-8-20)17(25)26-19(4,5)6/h13H,7-12,21H2,1-6H3. The molecular weight excluding hydrogens is 330 g/mol.